The number of halogens is 2. The second-order valence-corrected chi connectivity index (χ2v) is 9.27. The van der Waals surface area contributed by atoms with E-state index in [0.717, 1.165) is 16.3 Å². The van der Waals surface area contributed by atoms with Crippen molar-refractivity contribution in [1.29, 1.82) is 0 Å². The molecule has 3 N–H and O–H groups in total. The third-order valence-corrected chi connectivity index (χ3v) is 6.34. The highest BCUT2D eigenvalue weighted by atomic mass is 79.9. The van der Waals surface area contributed by atoms with Crippen LogP contribution in [0.4, 0.5) is 0 Å². The molecule has 0 heterocycles. The molecule has 1 amide bonds. The van der Waals surface area contributed by atoms with Crippen LogP contribution in [-0.2, 0) is 17.8 Å². The van der Waals surface area contributed by atoms with Gasteiger partial charge < -0.3 is 20.3 Å². The number of aromatic hydroxyl groups is 1. The number of nitrogens with one attached hydrogen (secondary N) is 1. The normalized spacial score (nSPS) is 10.8. The van der Waals surface area contributed by atoms with E-state index in [9.17, 15) is 14.7 Å². The summed E-state index contributed by atoms with van der Waals surface area (Å²) >= 11 is 6.80. The summed E-state index contributed by atoms with van der Waals surface area (Å²) < 4.78 is 7.03. The molecule has 0 atom stereocenters. The number of rotatable bonds is 7. The lowest BCUT2D eigenvalue weighted by Crippen LogP contribution is -2.23. The van der Waals surface area contributed by atoms with Gasteiger partial charge in [0.15, 0.2) is 5.75 Å². The fourth-order valence-corrected chi connectivity index (χ4v) is 5.03. The quantitative estimate of drug-likeness (QED) is 0.233. The van der Waals surface area contributed by atoms with Gasteiger partial charge in [-0.1, -0.05) is 42.5 Å². The first-order valence-electron chi connectivity index (χ1n) is 10.3. The van der Waals surface area contributed by atoms with Crippen molar-refractivity contribution in [3.63, 3.8) is 0 Å². The summed E-state index contributed by atoms with van der Waals surface area (Å²) in [6.45, 7) is 0.298. The molecule has 0 saturated heterocycles. The first-order chi connectivity index (χ1) is 16.3. The van der Waals surface area contributed by atoms with Crippen molar-refractivity contribution in [2.45, 2.75) is 13.0 Å². The molecule has 34 heavy (non-hydrogen) atoms. The molecule has 8 heteroatoms. The van der Waals surface area contributed by atoms with Gasteiger partial charge in [-0.25, -0.2) is 0 Å². The fraction of sp³-hybridized carbons (Fsp3) is 0.0769. The van der Waals surface area contributed by atoms with E-state index in [4.69, 9.17) is 9.84 Å². The zero-order valence-corrected chi connectivity index (χ0v) is 20.9. The molecule has 0 saturated carbocycles. The Balaban J connectivity index is 1.53. The number of carbonyl (C=O) groups is 2. The van der Waals surface area contributed by atoms with Gasteiger partial charge in [0.05, 0.1) is 20.9 Å². The van der Waals surface area contributed by atoms with E-state index in [1.165, 1.54) is 12.1 Å². The largest absolute Gasteiger partial charge is 0.507 e. The van der Waals surface area contributed by atoms with Crippen LogP contribution in [0.5, 0.6) is 17.2 Å². The minimum atomic E-state index is -0.940. The fourth-order valence-electron chi connectivity index (χ4n) is 3.58. The molecule has 4 rings (SSSR count). The molecule has 0 aliphatic carbocycles. The summed E-state index contributed by atoms with van der Waals surface area (Å²) in [4.78, 5) is 23.8. The van der Waals surface area contributed by atoms with E-state index < -0.39 is 11.9 Å². The molecule has 0 unspecified atom stereocenters. The summed E-state index contributed by atoms with van der Waals surface area (Å²) in [5.74, 6) is -0.795. The van der Waals surface area contributed by atoms with Crippen LogP contribution in [0.1, 0.15) is 21.5 Å². The van der Waals surface area contributed by atoms with E-state index in [2.05, 4.69) is 37.2 Å². The van der Waals surface area contributed by atoms with Crippen LogP contribution < -0.4 is 10.1 Å². The molecule has 0 fully saturated rings. The van der Waals surface area contributed by atoms with Gasteiger partial charge in [0.1, 0.15) is 11.5 Å². The van der Waals surface area contributed by atoms with E-state index in [-0.39, 0.29) is 17.7 Å². The van der Waals surface area contributed by atoms with Crippen LogP contribution in [-0.4, -0.2) is 22.1 Å². The first-order valence-corrected chi connectivity index (χ1v) is 11.9. The zero-order valence-electron chi connectivity index (χ0n) is 17.7. The number of carboxylic acids is 1. The maximum absolute atomic E-state index is 12.9. The lowest BCUT2D eigenvalue weighted by atomic mass is 10.0. The van der Waals surface area contributed by atoms with E-state index in [0.29, 0.717) is 32.6 Å². The molecule has 0 bridgehead atoms. The lowest BCUT2D eigenvalue weighted by Gasteiger charge is -2.14. The molecule has 0 spiro atoms. The van der Waals surface area contributed by atoms with Crippen molar-refractivity contribution in [2.75, 3.05) is 0 Å². The second-order valence-electron chi connectivity index (χ2n) is 7.56. The topological polar surface area (TPSA) is 95.9 Å². The highest BCUT2D eigenvalue weighted by Crippen LogP contribution is 2.39. The molecular formula is C26H19Br2NO5. The van der Waals surface area contributed by atoms with Crippen LogP contribution in [0.25, 0.3) is 10.8 Å². The highest BCUT2D eigenvalue weighted by Gasteiger charge is 2.16. The Labute approximate surface area is 212 Å². The van der Waals surface area contributed by atoms with Crippen LogP contribution in [0, 0.1) is 0 Å². The monoisotopic (exact) mass is 583 g/mol. The lowest BCUT2D eigenvalue weighted by molar-refractivity contribution is -0.136. The van der Waals surface area contributed by atoms with Gasteiger partial charge in [-0.3, -0.25) is 9.59 Å². The number of hydrogen-bond acceptors (Lipinski definition) is 4. The van der Waals surface area contributed by atoms with Gasteiger partial charge in [0.2, 0.25) is 0 Å². The van der Waals surface area contributed by atoms with Gasteiger partial charge in [0, 0.05) is 6.54 Å². The molecule has 4 aromatic carbocycles. The van der Waals surface area contributed by atoms with Gasteiger partial charge >= 0.3 is 5.97 Å². The molecule has 4 aromatic rings. The number of carboxylic acid groups (broad SMARTS) is 1. The summed E-state index contributed by atoms with van der Waals surface area (Å²) in [6.07, 6.45) is -0.127. The standard InChI is InChI=1S/C26H19Br2NO5/c27-21-10-15(12-24(31)32)11-22(28)25(21)34-18-8-9-23(30)20(13-18)26(33)29-14-17-6-3-5-16-4-1-2-7-19(16)17/h1-11,13,30H,12,14H2,(H,29,33)(H,31,32). The first kappa shape index (κ1) is 23.8. The SMILES string of the molecule is O=C(O)Cc1cc(Br)c(Oc2ccc(O)c(C(=O)NCc3cccc4ccccc34)c2)c(Br)c1. The average Bonchev–Trinajstić information content (AvgIpc) is 2.80. The number of amides is 1. The number of phenols is 1. The number of carbonyl (C=O) groups excluding carboxylic acids is 1. The van der Waals surface area contributed by atoms with Crippen molar-refractivity contribution in [3.05, 3.63) is 98.4 Å². The Morgan fingerprint density at radius 3 is 2.35 bits per heavy atom. The van der Waals surface area contributed by atoms with Gasteiger partial charge in [-0.2, -0.15) is 0 Å². The van der Waals surface area contributed by atoms with Crippen molar-refractivity contribution >= 4 is 54.5 Å². The molecular weight excluding hydrogens is 566 g/mol. The number of aliphatic carboxylic acids is 1. The summed E-state index contributed by atoms with van der Waals surface area (Å²) in [5.41, 5.74) is 1.64. The molecule has 0 aliphatic heterocycles. The number of benzene rings is 4. The number of phenolic OH excluding ortho intramolecular Hbond substituents is 1. The summed E-state index contributed by atoms with van der Waals surface area (Å²) in [6, 6.07) is 21.5. The Hall–Kier alpha value is -3.36. The Bertz CT molecular complexity index is 1380. The van der Waals surface area contributed by atoms with Gasteiger partial charge in [0.25, 0.3) is 5.91 Å². The van der Waals surface area contributed by atoms with Crippen LogP contribution in [0.2, 0.25) is 0 Å². The highest BCUT2D eigenvalue weighted by molar-refractivity contribution is 9.11. The molecule has 0 aromatic heterocycles. The maximum atomic E-state index is 12.9. The third-order valence-electron chi connectivity index (χ3n) is 5.17. The van der Waals surface area contributed by atoms with Crippen LogP contribution in [0.3, 0.4) is 0 Å². The number of ether oxygens (including phenoxy) is 1. The van der Waals surface area contributed by atoms with Gasteiger partial charge in [-0.15, -0.1) is 0 Å². The van der Waals surface area contributed by atoms with Crippen molar-refractivity contribution in [1.82, 2.24) is 5.32 Å². The Kier molecular flexibility index (Phi) is 7.19. The van der Waals surface area contributed by atoms with Crippen molar-refractivity contribution in [2.24, 2.45) is 0 Å². The zero-order chi connectivity index (χ0) is 24.2. The number of fused-ring (bicyclic) bond motifs is 1. The summed E-state index contributed by atoms with van der Waals surface area (Å²) in [5, 5.41) is 24.3. The van der Waals surface area contributed by atoms with Crippen molar-refractivity contribution in [3.8, 4) is 17.2 Å². The second kappa shape index (κ2) is 10.3. The van der Waals surface area contributed by atoms with Gasteiger partial charge in [-0.05, 0) is 84.1 Å². The molecule has 0 aliphatic rings. The van der Waals surface area contributed by atoms with Crippen LogP contribution >= 0.6 is 31.9 Å². The van der Waals surface area contributed by atoms with Crippen LogP contribution in [0.15, 0.2) is 81.7 Å². The predicted octanol–water partition coefficient (Wildman–Crippen LogP) is 6.42. The predicted molar refractivity (Wildman–Crippen MR) is 136 cm³/mol. The third kappa shape index (κ3) is 5.40. The minimum Gasteiger partial charge on any atom is -0.507 e. The molecule has 0 radical (unpaired) electrons. The minimum absolute atomic E-state index is 0.0764. The average molecular weight is 585 g/mol. The van der Waals surface area contributed by atoms with Crippen molar-refractivity contribution < 1.29 is 24.5 Å². The molecule has 172 valence electrons. The summed E-state index contributed by atoms with van der Waals surface area (Å²) in [7, 11) is 0. The van der Waals surface area contributed by atoms with E-state index in [1.54, 1.807) is 18.2 Å². The smallest absolute Gasteiger partial charge is 0.307 e. The Morgan fingerprint density at radius 1 is 0.912 bits per heavy atom. The number of hydrogen-bond donors (Lipinski definition) is 3. The van der Waals surface area contributed by atoms with E-state index in [1.807, 2.05) is 42.5 Å². The Morgan fingerprint density at radius 2 is 1.62 bits per heavy atom. The molecule has 6 nitrogen and oxygen atoms in total. The van der Waals surface area contributed by atoms with E-state index >= 15 is 0 Å². The maximum Gasteiger partial charge on any atom is 0.307 e.